The van der Waals surface area contributed by atoms with Crippen molar-refractivity contribution in [3.63, 3.8) is 0 Å². The van der Waals surface area contributed by atoms with E-state index in [1.54, 1.807) is 0 Å². The molecule has 1 fully saturated rings. The summed E-state index contributed by atoms with van der Waals surface area (Å²) in [6, 6.07) is 0.723. The molecule has 1 heteroatoms. The third-order valence-electron chi connectivity index (χ3n) is 2.78. The average Bonchev–Trinajstić information content (AvgIpc) is 2.56. The first kappa shape index (κ1) is 11.4. The molecule has 80 valence electrons. The highest BCUT2D eigenvalue weighted by Gasteiger charge is 2.13. The van der Waals surface area contributed by atoms with Crippen LogP contribution in [0.2, 0.25) is 0 Å². The van der Waals surface area contributed by atoms with E-state index in [0.29, 0.717) is 0 Å². The predicted octanol–water partition coefficient (Wildman–Crippen LogP) is 3.78. The van der Waals surface area contributed by atoms with Gasteiger partial charge in [-0.15, -0.1) is 0 Å². The van der Waals surface area contributed by atoms with E-state index >= 15 is 0 Å². The van der Waals surface area contributed by atoms with Gasteiger partial charge in [-0.25, -0.2) is 0 Å². The predicted molar refractivity (Wildman–Crippen MR) is 63.2 cm³/mol. The Hall–Kier alpha value is -0.720. The van der Waals surface area contributed by atoms with Crippen molar-refractivity contribution < 1.29 is 0 Å². The van der Waals surface area contributed by atoms with Crippen molar-refractivity contribution in [2.75, 3.05) is 0 Å². The maximum Gasteiger partial charge on any atom is 0.0258 e. The van der Waals surface area contributed by atoms with Gasteiger partial charge >= 0.3 is 0 Å². The molecule has 0 spiro atoms. The number of rotatable bonds is 5. The van der Waals surface area contributed by atoms with Crippen LogP contribution in [0.25, 0.3) is 0 Å². The first-order chi connectivity index (χ1) is 6.72. The molecule has 0 aliphatic heterocycles. The number of nitrogens with one attached hydrogen (secondary N) is 1. The summed E-state index contributed by atoms with van der Waals surface area (Å²) < 4.78 is 0. The van der Waals surface area contributed by atoms with E-state index in [9.17, 15) is 0 Å². The highest BCUT2D eigenvalue weighted by Crippen LogP contribution is 2.19. The van der Waals surface area contributed by atoms with Gasteiger partial charge in [0.15, 0.2) is 0 Å². The molecule has 0 bridgehead atoms. The molecule has 0 aromatic rings. The van der Waals surface area contributed by atoms with E-state index in [2.05, 4.69) is 31.8 Å². The van der Waals surface area contributed by atoms with Gasteiger partial charge in [0.1, 0.15) is 0 Å². The topological polar surface area (TPSA) is 12.0 Å². The molecule has 0 unspecified atom stereocenters. The van der Waals surface area contributed by atoms with Crippen LogP contribution in [0.5, 0.6) is 0 Å². The van der Waals surface area contributed by atoms with Crippen LogP contribution in [0.3, 0.4) is 0 Å². The maximum absolute atomic E-state index is 4.04. The van der Waals surface area contributed by atoms with Crippen molar-refractivity contribution in [1.82, 2.24) is 5.32 Å². The van der Waals surface area contributed by atoms with E-state index in [1.807, 2.05) is 0 Å². The smallest absolute Gasteiger partial charge is 0.0258 e. The minimum absolute atomic E-state index is 0.723. The van der Waals surface area contributed by atoms with Crippen LogP contribution in [-0.2, 0) is 0 Å². The molecule has 1 aliphatic carbocycles. The van der Waals surface area contributed by atoms with Crippen LogP contribution in [0.4, 0.5) is 0 Å². The van der Waals surface area contributed by atoms with E-state index in [0.717, 1.165) is 12.5 Å². The number of hydrogen-bond acceptors (Lipinski definition) is 1. The third kappa shape index (κ3) is 3.99. The van der Waals surface area contributed by atoms with E-state index in [-0.39, 0.29) is 0 Å². The molecule has 0 aromatic carbocycles. The summed E-state index contributed by atoms with van der Waals surface area (Å²) in [5.74, 6) is 0. The van der Waals surface area contributed by atoms with Crippen molar-refractivity contribution in [1.29, 1.82) is 0 Å². The lowest BCUT2D eigenvalue weighted by molar-refractivity contribution is 0.584. The molecule has 1 saturated carbocycles. The molecule has 1 nitrogen and oxygen atoms in total. The Kier molecular flexibility index (Phi) is 4.78. The zero-order valence-electron chi connectivity index (χ0n) is 9.60. The molecule has 1 rings (SSSR count). The van der Waals surface area contributed by atoms with Gasteiger partial charge in [0.05, 0.1) is 0 Å². The van der Waals surface area contributed by atoms with Gasteiger partial charge in [0, 0.05) is 11.7 Å². The highest BCUT2D eigenvalue weighted by atomic mass is 14.9. The fourth-order valence-corrected chi connectivity index (χ4v) is 2.13. The molecule has 0 atom stereocenters. The van der Waals surface area contributed by atoms with Gasteiger partial charge in [-0.2, -0.15) is 0 Å². The van der Waals surface area contributed by atoms with Gasteiger partial charge < -0.3 is 5.32 Å². The molecule has 0 amide bonds. The average molecular weight is 193 g/mol. The second-order valence-electron chi connectivity index (χ2n) is 4.36. The minimum atomic E-state index is 0.723. The molecule has 0 aromatic heterocycles. The summed E-state index contributed by atoms with van der Waals surface area (Å²) in [5, 5.41) is 3.57. The second kappa shape index (κ2) is 5.90. The molecule has 0 radical (unpaired) electrons. The molecule has 1 aliphatic rings. The van der Waals surface area contributed by atoms with E-state index in [4.69, 9.17) is 0 Å². The van der Waals surface area contributed by atoms with Crippen molar-refractivity contribution in [3.05, 3.63) is 23.9 Å². The molecule has 0 heterocycles. The minimum Gasteiger partial charge on any atom is -0.386 e. The van der Waals surface area contributed by atoms with Crippen molar-refractivity contribution in [2.45, 2.75) is 58.4 Å². The van der Waals surface area contributed by atoms with Gasteiger partial charge in [0.25, 0.3) is 0 Å². The van der Waals surface area contributed by atoms with E-state index < -0.39 is 0 Å². The summed E-state index contributed by atoms with van der Waals surface area (Å²) in [5.41, 5.74) is 2.53. The Labute approximate surface area is 88.3 Å². The fraction of sp³-hybridized carbons (Fsp3) is 0.692. The van der Waals surface area contributed by atoms with Gasteiger partial charge in [0.2, 0.25) is 0 Å². The Morgan fingerprint density at radius 2 is 2.07 bits per heavy atom. The molecular weight excluding hydrogens is 170 g/mol. The molecule has 1 N–H and O–H groups in total. The lowest BCUT2D eigenvalue weighted by atomic mass is 10.1. The normalized spacial score (nSPS) is 18.6. The number of hydrogen-bond donors (Lipinski definition) is 1. The van der Waals surface area contributed by atoms with Crippen LogP contribution in [0.15, 0.2) is 23.9 Å². The molecule has 14 heavy (non-hydrogen) atoms. The zero-order valence-corrected chi connectivity index (χ0v) is 9.60. The number of allylic oxidation sites excluding steroid dienone is 3. The monoisotopic (exact) mass is 193 g/mol. The summed E-state index contributed by atoms with van der Waals surface area (Å²) >= 11 is 0. The quantitative estimate of drug-likeness (QED) is 0.655. The second-order valence-corrected chi connectivity index (χ2v) is 4.36. The summed E-state index contributed by atoms with van der Waals surface area (Å²) in [6.07, 6.45) is 9.95. The van der Waals surface area contributed by atoms with Gasteiger partial charge in [-0.1, -0.05) is 38.3 Å². The van der Waals surface area contributed by atoms with Gasteiger partial charge in [-0.3, -0.25) is 0 Å². The Morgan fingerprint density at radius 3 is 2.64 bits per heavy atom. The summed E-state index contributed by atoms with van der Waals surface area (Å²) in [7, 11) is 0. The lowest BCUT2D eigenvalue weighted by Crippen LogP contribution is -2.23. The Bertz CT molecular complexity index is 209. The molecule has 0 saturated heterocycles. The van der Waals surface area contributed by atoms with Gasteiger partial charge in [-0.05, 0) is 32.3 Å². The van der Waals surface area contributed by atoms with E-state index in [1.165, 1.54) is 43.4 Å². The first-order valence-electron chi connectivity index (χ1n) is 5.85. The Morgan fingerprint density at radius 1 is 1.43 bits per heavy atom. The lowest BCUT2D eigenvalue weighted by Gasteiger charge is -2.14. The highest BCUT2D eigenvalue weighted by molar-refractivity contribution is 5.18. The van der Waals surface area contributed by atoms with Crippen LogP contribution in [-0.4, -0.2) is 6.04 Å². The third-order valence-corrected chi connectivity index (χ3v) is 2.78. The maximum atomic E-state index is 4.04. The molecular formula is C13H23N. The Balaban J connectivity index is 2.31. The van der Waals surface area contributed by atoms with Crippen LogP contribution >= 0.6 is 0 Å². The first-order valence-corrected chi connectivity index (χ1v) is 5.85. The van der Waals surface area contributed by atoms with Crippen LogP contribution in [0, 0.1) is 0 Å². The van der Waals surface area contributed by atoms with Crippen LogP contribution < -0.4 is 5.32 Å². The fourth-order valence-electron chi connectivity index (χ4n) is 2.13. The zero-order chi connectivity index (χ0) is 10.4. The largest absolute Gasteiger partial charge is 0.386 e. The summed E-state index contributed by atoms with van der Waals surface area (Å²) in [6.45, 7) is 8.39. The van der Waals surface area contributed by atoms with Crippen LogP contribution in [0.1, 0.15) is 52.4 Å². The standard InChI is InChI=1S/C13H23N/c1-4-7-11(2)10-12(3)14-13-8-5-6-9-13/h10,13-14H,2,4-9H2,1,3H3/b12-10-. The van der Waals surface area contributed by atoms with Crippen molar-refractivity contribution >= 4 is 0 Å². The van der Waals surface area contributed by atoms with Crippen molar-refractivity contribution in [3.8, 4) is 0 Å². The summed E-state index contributed by atoms with van der Waals surface area (Å²) in [4.78, 5) is 0. The SMILES string of the molecule is C=C(/C=C(/C)NC1CCCC1)CCC. The van der Waals surface area contributed by atoms with Crippen molar-refractivity contribution in [2.24, 2.45) is 0 Å².